The summed E-state index contributed by atoms with van der Waals surface area (Å²) in [4.78, 5) is 13.2. The molecule has 14 heavy (non-hydrogen) atoms. The van der Waals surface area contributed by atoms with Crippen molar-refractivity contribution in [3.05, 3.63) is 0 Å². The monoisotopic (exact) mass is 201 g/mol. The summed E-state index contributed by atoms with van der Waals surface area (Å²) in [6.45, 7) is 5.21. The van der Waals surface area contributed by atoms with E-state index in [-0.39, 0.29) is 18.1 Å². The normalized spacial score (nSPS) is 31.1. The molecule has 4 N–H and O–H groups in total. The molecule has 0 spiro atoms. The van der Waals surface area contributed by atoms with Crippen molar-refractivity contribution in [3.8, 4) is 0 Å². The summed E-state index contributed by atoms with van der Waals surface area (Å²) in [5.41, 5.74) is 2.13. The van der Waals surface area contributed by atoms with Crippen molar-refractivity contribution < 1.29 is 9.90 Å². The van der Waals surface area contributed by atoms with Crippen molar-refractivity contribution in [1.29, 1.82) is 0 Å². The number of aliphatic hydroxyl groups is 1. The van der Waals surface area contributed by atoms with E-state index in [4.69, 9.17) is 5.84 Å². The first-order valence-corrected chi connectivity index (χ1v) is 4.98. The number of β-amino-alcohol motifs (C(OH)–C–C–N with tert-alkyl or cyclic N) is 1. The quantitative estimate of drug-likeness (QED) is 0.306. The van der Waals surface area contributed by atoms with Gasteiger partial charge in [0.15, 0.2) is 0 Å². The highest BCUT2D eigenvalue weighted by Gasteiger charge is 2.29. The molecule has 1 heterocycles. The number of carbonyl (C=O) groups excluding carboxylic acids is 1. The van der Waals surface area contributed by atoms with Crippen molar-refractivity contribution in [2.45, 2.75) is 32.4 Å². The summed E-state index contributed by atoms with van der Waals surface area (Å²) in [6.07, 6.45) is 0.584. The van der Waals surface area contributed by atoms with Crippen LogP contribution in [0, 0.1) is 5.92 Å². The molecule has 0 aliphatic carbocycles. The summed E-state index contributed by atoms with van der Waals surface area (Å²) in [6, 6.07) is -0.262. The average molecular weight is 201 g/mol. The van der Waals surface area contributed by atoms with Crippen molar-refractivity contribution in [2.75, 3.05) is 13.1 Å². The van der Waals surface area contributed by atoms with E-state index < -0.39 is 0 Å². The van der Waals surface area contributed by atoms with Gasteiger partial charge in [-0.15, -0.1) is 0 Å². The SMILES string of the molecule is CC1CCN(C(C)C(=O)NN)CC1O. The molecule has 0 aromatic heterocycles. The zero-order valence-electron chi connectivity index (χ0n) is 8.73. The molecule has 1 aliphatic heterocycles. The van der Waals surface area contributed by atoms with Crippen LogP contribution in [-0.2, 0) is 4.79 Å². The van der Waals surface area contributed by atoms with Crippen LogP contribution in [0.3, 0.4) is 0 Å². The highest BCUT2D eigenvalue weighted by Crippen LogP contribution is 2.18. The first-order valence-electron chi connectivity index (χ1n) is 4.98. The molecule has 0 aromatic rings. The molecule has 1 aliphatic rings. The molecule has 1 fully saturated rings. The molecule has 0 aromatic carbocycles. The second-order valence-corrected chi connectivity index (χ2v) is 4.01. The van der Waals surface area contributed by atoms with Crippen LogP contribution in [-0.4, -0.2) is 41.1 Å². The van der Waals surface area contributed by atoms with Gasteiger partial charge in [0.25, 0.3) is 5.91 Å². The van der Waals surface area contributed by atoms with E-state index in [9.17, 15) is 9.90 Å². The third-order valence-corrected chi connectivity index (χ3v) is 3.02. The van der Waals surface area contributed by atoms with Crippen LogP contribution >= 0.6 is 0 Å². The average Bonchev–Trinajstić information content (AvgIpc) is 2.20. The summed E-state index contributed by atoms with van der Waals surface area (Å²) in [7, 11) is 0. The fraction of sp³-hybridized carbons (Fsp3) is 0.889. The van der Waals surface area contributed by atoms with E-state index in [0.29, 0.717) is 12.5 Å². The number of nitrogens with two attached hydrogens (primary N) is 1. The lowest BCUT2D eigenvalue weighted by Gasteiger charge is -2.37. The number of nitrogens with one attached hydrogen (secondary N) is 1. The molecule has 5 heteroatoms. The van der Waals surface area contributed by atoms with Gasteiger partial charge in [-0.3, -0.25) is 15.1 Å². The van der Waals surface area contributed by atoms with Crippen LogP contribution < -0.4 is 11.3 Å². The molecule has 1 rings (SSSR count). The molecule has 1 amide bonds. The maximum Gasteiger partial charge on any atom is 0.250 e. The van der Waals surface area contributed by atoms with Gasteiger partial charge in [0.1, 0.15) is 0 Å². The Morgan fingerprint density at radius 2 is 2.36 bits per heavy atom. The van der Waals surface area contributed by atoms with Gasteiger partial charge >= 0.3 is 0 Å². The Hall–Kier alpha value is -0.650. The van der Waals surface area contributed by atoms with E-state index >= 15 is 0 Å². The Bertz CT molecular complexity index is 210. The number of hydrazine groups is 1. The lowest BCUT2D eigenvalue weighted by atomic mass is 9.95. The Kier molecular flexibility index (Phi) is 3.86. The number of hydrogen-bond acceptors (Lipinski definition) is 4. The topological polar surface area (TPSA) is 78.6 Å². The number of hydrogen-bond donors (Lipinski definition) is 3. The second kappa shape index (κ2) is 4.72. The number of aliphatic hydroxyl groups excluding tert-OH is 1. The number of piperidine rings is 1. The van der Waals surface area contributed by atoms with Crippen molar-refractivity contribution in [1.82, 2.24) is 10.3 Å². The van der Waals surface area contributed by atoms with Crippen LogP contribution in [0.25, 0.3) is 0 Å². The van der Waals surface area contributed by atoms with Crippen molar-refractivity contribution in [2.24, 2.45) is 11.8 Å². The molecule has 1 saturated heterocycles. The minimum absolute atomic E-state index is 0.202. The molecule has 5 nitrogen and oxygen atoms in total. The standard InChI is InChI=1S/C9H19N3O2/c1-6-3-4-12(5-8(6)13)7(2)9(14)11-10/h6-8,13H,3-5,10H2,1-2H3,(H,11,14). The van der Waals surface area contributed by atoms with Crippen molar-refractivity contribution >= 4 is 5.91 Å². The highest BCUT2D eigenvalue weighted by molar-refractivity contribution is 5.80. The smallest absolute Gasteiger partial charge is 0.250 e. The van der Waals surface area contributed by atoms with Crippen LogP contribution in [0.15, 0.2) is 0 Å². The summed E-state index contributed by atoms with van der Waals surface area (Å²) >= 11 is 0. The predicted molar refractivity (Wildman–Crippen MR) is 53.2 cm³/mol. The second-order valence-electron chi connectivity index (χ2n) is 4.01. The summed E-state index contributed by atoms with van der Waals surface area (Å²) < 4.78 is 0. The first kappa shape index (κ1) is 11.4. The number of likely N-dealkylation sites (tertiary alicyclic amines) is 1. The number of rotatable bonds is 2. The van der Waals surface area contributed by atoms with Gasteiger partial charge in [-0.1, -0.05) is 6.92 Å². The van der Waals surface area contributed by atoms with E-state index in [1.54, 1.807) is 6.92 Å². The third-order valence-electron chi connectivity index (χ3n) is 3.02. The molecular formula is C9H19N3O2. The Morgan fingerprint density at radius 1 is 1.71 bits per heavy atom. The Balaban J connectivity index is 2.50. The number of nitrogens with zero attached hydrogens (tertiary/aromatic N) is 1. The number of amides is 1. The fourth-order valence-corrected chi connectivity index (χ4v) is 1.71. The third kappa shape index (κ3) is 2.43. The van der Waals surface area contributed by atoms with Crippen LogP contribution in [0.1, 0.15) is 20.3 Å². The Labute approximate surface area is 84.2 Å². The van der Waals surface area contributed by atoms with Gasteiger partial charge < -0.3 is 5.11 Å². The molecule has 3 unspecified atom stereocenters. The molecule has 3 atom stereocenters. The molecule has 0 bridgehead atoms. The van der Waals surface area contributed by atoms with Gasteiger partial charge in [0.05, 0.1) is 12.1 Å². The number of carbonyl (C=O) groups is 1. The van der Waals surface area contributed by atoms with Gasteiger partial charge in [0.2, 0.25) is 0 Å². The van der Waals surface area contributed by atoms with Gasteiger partial charge in [-0.25, -0.2) is 5.84 Å². The lowest BCUT2D eigenvalue weighted by molar-refractivity contribution is -0.127. The lowest BCUT2D eigenvalue weighted by Crippen LogP contribution is -2.53. The van der Waals surface area contributed by atoms with Crippen LogP contribution in [0.2, 0.25) is 0 Å². The van der Waals surface area contributed by atoms with Crippen LogP contribution in [0.5, 0.6) is 0 Å². The highest BCUT2D eigenvalue weighted by atomic mass is 16.3. The van der Waals surface area contributed by atoms with Crippen LogP contribution in [0.4, 0.5) is 0 Å². The predicted octanol–water partition coefficient (Wildman–Crippen LogP) is -0.932. The first-order chi connectivity index (χ1) is 6.56. The Morgan fingerprint density at radius 3 is 2.86 bits per heavy atom. The molecular weight excluding hydrogens is 182 g/mol. The van der Waals surface area contributed by atoms with Crippen molar-refractivity contribution in [3.63, 3.8) is 0 Å². The summed E-state index contributed by atoms with van der Waals surface area (Å²) in [5.74, 6) is 5.17. The fourth-order valence-electron chi connectivity index (χ4n) is 1.71. The van der Waals surface area contributed by atoms with Gasteiger partial charge in [-0.05, 0) is 25.8 Å². The molecule has 82 valence electrons. The maximum atomic E-state index is 11.2. The minimum atomic E-state index is -0.336. The molecule has 0 radical (unpaired) electrons. The van der Waals surface area contributed by atoms with E-state index in [1.165, 1.54) is 0 Å². The van der Waals surface area contributed by atoms with E-state index in [1.807, 2.05) is 11.8 Å². The maximum absolute atomic E-state index is 11.2. The zero-order valence-corrected chi connectivity index (χ0v) is 8.73. The summed E-state index contributed by atoms with van der Waals surface area (Å²) in [5, 5.41) is 9.65. The molecule has 0 saturated carbocycles. The van der Waals surface area contributed by atoms with E-state index in [2.05, 4.69) is 5.43 Å². The van der Waals surface area contributed by atoms with Gasteiger partial charge in [-0.2, -0.15) is 0 Å². The largest absolute Gasteiger partial charge is 0.392 e. The zero-order chi connectivity index (χ0) is 10.7. The minimum Gasteiger partial charge on any atom is -0.392 e. The van der Waals surface area contributed by atoms with E-state index in [0.717, 1.165) is 13.0 Å². The van der Waals surface area contributed by atoms with Gasteiger partial charge in [0, 0.05) is 6.54 Å².